The van der Waals surface area contributed by atoms with E-state index < -0.39 is 11.9 Å². The average molecular weight is 314 g/mol. The van der Waals surface area contributed by atoms with Gasteiger partial charge in [0.1, 0.15) is 0 Å². The molecule has 0 fully saturated rings. The fourth-order valence-electron chi connectivity index (χ4n) is 2.35. The van der Waals surface area contributed by atoms with Crippen molar-refractivity contribution >= 4 is 11.6 Å². The van der Waals surface area contributed by atoms with Gasteiger partial charge in [-0.3, -0.25) is 0 Å². The molecule has 0 radical (unpaired) electrons. The zero-order valence-corrected chi connectivity index (χ0v) is 11.6. The first-order valence-electron chi connectivity index (χ1n) is 6.39. The van der Waals surface area contributed by atoms with Gasteiger partial charge in [0, 0.05) is 22.7 Å². The third kappa shape index (κ3) is 2.87. The number of alkyl halides is 3. The monoisotopic (exact) mass is 313 g/mol. The van der Waals surface area contributed by atoms with Crippen molar-refractivity contribution in [3.63, 3.8) is 0 Å². The van der Waals surface area contributed by atoms with E-state index in [2.05, 4.69) is 15.3 Å². The van der Waals surface area contributed by atoms with Crippen LogP contribution in [0.2, 0.25) is 5.02 Å². The second-order valence-corrected chi connectivity index (χ2v) is 5.19. The number of benzene rings is 1. The highest BCUT2D eigenvalue weighted by Gasteiger charge is 2.38. The molecule has 0 saturated heterocycles. The fourth-order valence-corrected chi connectivity index (χ4v) is 2.54. The van der Waals surface area contributed by atoms with Crippen molar-refractivity contribution in [1.82, 2.24) is 15.3 Å². The lowest BCUT2D eigenvalue weighted by Crippen LogP contribution is -2.28. The maximum Gasteiger partial charge on any atom is 0.433 e. The van der Waals surface area contributed by atoms with Gasteiger partial charge < -0.3 is 5.32 Å². The molecule has 1 aliphatic rings. The summed E-state index contributed by atoms with van der Waals surface area (Å²) in [7, 11) is 0. The Kier molecular flexibility index (Phi) is 3.59. The Morgan fingerprint density at radius 3 is 2.71 bits per heavy atom. The van der Waals surface area contributed by atoms with Crippen LogP contribution in [0.25, 0.3) is 11.4 Å². The lowest BCUT2D eigenvalue weighted by atomic mass is 10.0. The van der Waals surface area contributed by atoms with Crippen molar-refractivity contribution in [1.29, 1.82) is 0 Å². The molecule has 1 N–H and O–H groups in total. The van der Waals surface area contributed by atoms with Crippen molar-refractivity contribution in [3.05, 3.63) is 46.2 Å². The SMILES string of the molecule is FC(F)(F)c1nc(-c2cccc(Cl)c2)nc2c1CCNC2. The third-order valence-corrected chi connectivity index (χ3v) is 3.52. The van der Waals surface area contributed by atoms with Gasteiger partial charge in [-0.05, 0) is 25.1 Å². The van der Waals surface area contributed by atoms with E-state index in [0.717, 1.165) is 0 Å². The van der Waals surface area contributed by atoms with Crippen molar-refractivity contribution in [2.24, 2.45) is 0 Å². The number of hydrogen-bond donors (Lipinski definition) is 1. The second kappa shape index (κ2) is 5.27. The summed E-state index contributed by atoms with van der Waals surface area (Å²) in [5.74, 6) is 0.0484. The Balaban J connectivity index is 2.19. The van der Waals surface area contributed by atoms with Crippen LogP contribution in [0.3, 0.4) is 0 Å². The van der Waals surface area contributed by atoms with Crippen LogP contribution >= 0.6 is 11.6 Å². The topological polar surface area (TPSA) is 37.8 Å². The Morgan fingerprint density at radius 1 is 1.19 bits per heavy atom. The van der Waals surface area contributed by atoms with E-state index in [1.165, 1.54) is 0 Å². The van der Waals surface area contributed by atoms with Gasteiger partial charge in [-0.2, -0.15) is 13.2 Å². The summed E-state index contributed by atoms with van der Waals surface area (Å²) in [5, 5.41) is 3.46. The molecule has 3 nitrogen and oxygen atoms in total. The van der Waals surface area contributed by atoms with Crippen LogP contribution in [-0.4, -0.2) is 16.5 Å². The summed E-state index contributed by atoms with van der Waals surface area (Å²) in [6.45, 7) is 0.810. The van der Waals surface area contributed by atoms with Crippen LogP contribution < -0.4 is 5.32 Å². The number of nitrogens with one attached hydrogen (secondary N) is 1. The van der Waals surface area contributed by atoms with Crippen LogP contribution in [0.5, 0.6) is 0 Å². The molecule has 3 rings (SSSR count). The summed E-state index contributed by atoms with van der Waals surface area (Å²) in [4.78, 5) is 8.01. The maximum atomic E-state index is 13.2. The van der Waals surface area contributed by atoms with E-state index in [-0.39, 0.29) is 17.8 Å². The predicted octanol–water partition coefficient (Wildman–Crippen LogP) is 3.46. The first-order valence-corrected chi connectivity index (χ1v) is 6.76. The van der Waals surface area contributed by atoms with Gasteiger partial charge in [0.25, 0.3) is 0 Å². The number of fused-ring (bicyclic) bond motifs is 1. The number of rotatable bonds is 1. The first-order chi connectivity index (χ1) is 9.95. The quantitative estimate of drug-likeness (QED) is 0.876. The molecule has 1 aromatic heterocycles. The Morgan fingerprint density at radius 2 is 2.00 bits per heavy atom. The van der Waals surface area contributed by atoms with Crippen LogP contribution in [0.1, 0.15) is 17.0 Å². The zero-order chi connectivity index (χ0) is 15.0. The Hall–Kier alpha value is -1.66. The summed E-state index contributed by atoms with van der Waals surface area (Å²) >= 11 is 5.88. The van der Waals surface area contributed by atoms with E-state index in [1.54, 1.807) is 24.3 Å². The molecule has 0 saturated carbocycles. The minimum atomic E-state index is -4.49. The second-order valence-electron chi connectivity index (χ2n) is 4.76. The normalized spacial score (nSPS) is 14.9. The van der Waals surface area contributed by atoms with Gasteiger partial charge in [0.15, 0.2) is 11.5 Å². The number of hydrogen-bond acceptors (Lipinski definition) is 3. The van der Waals surface area contributed by atoms with Crippen LogP contribution in [0.15, 0.2) is 24.3 Å². The minimum absolute atomic E-state index is 0.0484. The summed E-state index contributed by atoms with van der Waals surface area (Å²) < 4.78 is 39.6. The largest absolute Gasteiger partial charge is 0.433 e. The molecule has 1 aliphatic heterocycles. The molecule has 110 valence electrons. The minimum Gasteiger partial charge on any atom is -0.311 e. The van der Waals surface area contributed by atoms with E-state index in [1.807, 2.05) is 0 Å². The standard InChI is InChI=1S/C14H11ClF3N3/c15-9-3-1-2-8(6-9)13-20-11-7-19-5-4-10(11)12(21-13)14(16,17)18/h1-3,6,19H,4-5,7H2. The van der Waals surface area contributed by atoms with Gasteiger partial charge in [0.2, 0.25) is 0 Å². The number of nitrogens with zero attached hydrogens (tertiary/aromatic N) is 2. The molecule has 0 bridgehead atoms. The molecule has 0 amide bonds. The molecule has 0 atom stereocenters. The molecule has 0 aliphatic carbocycles. The van der Waals surface area contributed by atoms with Crippen LogP contribution in [0.4, 0.5) is 13.2 Å². The lowest BCUT2D eigenvalue weighted by molar-refractivity contribution is -0.142. The predicted molar refractivity (Wildman–Crippen MR) is 72.9 cm³/mol. The molecule has 2 aromatic rings. The Labute approximate surface area is 124 Å². The van der Waals surface area contributed by atoms with Crippen LogP contribution in [0, 0.1) is 0 Å². The number of aromatic nitrogens is 2. The molecule has 1 aromatic carbocycles. The fraction of sp³-hybridized carbons (Fsp3) is 0.286. The van der Waals surface area contributed by atoms with Gasteiger partial charge >= 0.3 is 6.18 Å². The highest BCUT2D eigenvalue weighted by Crippen LogP contribution is 2.34. The van der Waals surface area contributed by atoms with Gasteiger partial charge in [-0.15, -0.1) is 0 Å². The molecule has 7 heteroatoms. The highest BCUT2D eigenvalue weighted by atomic mass is 35.5. The summed E-state index contributed by atoms with van der Waals surface area (Å²) in [5.41, 5.74) is 0.218. The first kappa shape index (κ1) is 14.3. The van der Waals surface area contributed by atoms with Gasteiger partial charge in [-0.1, -0.05) is 23.7 Å². The van der Waals surface area contributed by atoms with Crippen molar-refractivity contribution < 1.29 is 13.2 Å². The van der Waals surface area contributed by atoms with Crippen LogP contribution in [-0.2, 0) is 19.1 Å². The average Bonchev–Trinajstić information content (AvgIpc) is 2.45. The molecule has 21 heavy (non-hydrogen) atoms. The van der Waals surface area contributed by atoms with E-state index in [9.17, 15) is 13.2 Å². The summed E-state index contributed by atoms with van der Waals surface area (Å²) in [6, 6.07) is 6.51. The Bertz CT molecular complexity index is 686. The molecule has 2 heterocycles. The summed E-state index contributed by atoms with van der Waals surface area (Å²) in [6.07, 6.45) is -4.21. The van der Waals surface area contributed by atoms with Crippen molar-refractivity contribution in [3.8, 4) is 11.4 Å². The van der Waals surface area contributed by atoms with E-state index in [0.29, 0.717) is 29.4 Å². The van der Waals surface area contributed by atoms with Gasteiger partial charge in [0.05, 0.1) is 5.69 Å². The van der Waals surface area contributed by atoms with Crippen molar-refractivity contribution in [2.75, 3.05) is 6.54 Å². The highest BCUT2D eigenvalue weighted by molar-refractivity contribution is 6.30. The molecule has 0 spiro atoms. The van der Waals surface area contributed by atoms with Crippen molar-refractivity contribution in [2.45, 2.75) is 19.1 Å². The molecular weight excluding hydrogens is 303 g/mol. The third-order valence-electron chi connectivity index (χ3n) is 3.29. The van der Waals surface area contributed by atoms with Gasteiger partial charge in [-0.25, -0.2) is 9.97 Å². The smallest absolute Gasteiger partial charge is 0.311 e. The van der Waals surface area contributed by atoms with E-state index in [4.69, 9.17) is 11.6 Å². The molecular formula is C14H11ClF3N3. The lowest BCUT2D eigenvalue weighted by Gasteiger charge is -2.21. The van der Waals surface area contributed by atoms with E-state index >= 15 is 0 Å². The zero-order valence-electron chi connectivity index (χ0n) is 10.8. The maximum absolute atomic E-state index is 13.2. The number of halogens is 4. The molecule has 0 unspecified atom stereocenters.